The number of piperidine rings is 1. The zero-order valence-corrected chi connectivity index (χ0v) is 9.95. The molecule has 0 aromatic heterocycles. The number of aliphatic imine (C=N–C) groups is 1. The van der Waals surface area contributed by atoms with Crippen LogP contribution in [0.4, 0.5) is 0 Å². The third-order valence-corrected chi connectivity index (χ3v) is 2.65. The van der Waals surface area contributed by atoms with Crippen molar-refractivity contribution >= 4 is 6.21 Å². The van der Waals surface area contributed by atoms with Gasteiger partial charge in [-0.25, -0.2) is 0 Å². The molecule has 1 heterocycles. The molecule has 0 radical (unpaired) electrons. The first kappa shape index (κ1) is 12.2. The Balaban J connectivity index is 2.49. The first-order valence-electron chi connectivity index (χ1n) is 5.83. The van der Waals surface area contributed by atoms with E-state index in [9.17, 15) is 0 Å². The second kappa shape index (κ2) is 7.41. The van der Waals surface area contributed by atoms with Crippen LogP contribution in [0, 0.1) is 0 Å². The number of allylic oxidation sites excluding steroid dienone is 3. The van der Waals surface area contributed by atoms with Crippen molar-refractivity contribution in [1.29, 1.82) is 0 Å². The lowest BCUT2D eigenvalue weighted by molar-refractivity contribution is 0.249. The van der Waals surface area contributed by atoms with Gasteiger partial charge in [-0.2, -0.15) is 0 Å². The Morgan fingerprint density at radius 1 is 1.27 bits per heavy atom. The van der Waals surface area contributed by atoms with Gasteiger partial charge in [0.05, 0.1) is 0 Å². The monoisotopic (exact) mass is 206 g/mol. The van der Waals surface area contributed by atoms with Crippen LogP contribution in [0.5, 0.6) is 0 Å². The first-order chi connectivity index (χ1) is 7.36. The summed E-state index contributed by atoms with van der Waals surface area (Å²) < 4.78 is 0. The summed E-state index contributed by atoms with van der Waals surface area (Å²) in [6.45, 7) is 5.56. The van der Waals surface area contributed by atoms with E-state index in [0.717, 1.165) is 6.54 Å². The van der Waals surface area contributed by atoms with Crippen LogP contribution in [0.3, 0.4) is 0 Å². The van der Waals surface area contributed by atoms with Crippen molar-refractivity contribution in [3.8, 4) is 0 Å². The molecular weight excluding hydrogens is 184 g/mol. The van der Waals surface area contributed by atoms with E-state index in [-0.39, 0.29) is 0 Å². The van der Waals surface area contributed by atoms with E-state index in [1.165, 1.54) is 37.9 Å². The second-order valence-electron chi connectivity index (χ2n) is 3.99. The average molecular weight is 206 g/mol. The lowest BCUT2D eigenvalue weighted by Crippen LogP contribution is -2.31. The zero-order chi connectivity index (χ0) is 10.9. The summed E-state index contributed by atoms with van der Waals surface area (Å²) in [6.07, 6.45) is 12.4. The van der Waals surface area contributed by atoms with Crippen LogP contribution in [0.25, 0.3) is 0 Å². The topological polar surface area (TPSA) is 15.6 Å². The minimum atomic E-state index is 1.04. The summed E-state index contributed by atoms with van der Waals surface area (Å²) in [7, 11) is 1.83. The molecular formula is C13H22N2. The van der Waals surface area contributed by atoms with Gasteiger partial charge in [0.25, 0.3) is 0 Å². The average Bonchev–Trinajstić information content (AvgIpc) is 2.28. The van der Waals surface area contributed by atoms with Gasteiger partial charge in [0.2, 0.25) is 0 Å². The highest BCUT2D eigenvalue weighted by Gasteiger charge is 2.10. The van der Waals surface area contributed by atoms with Crippen molar-refractivity contribution < 1.29 is 0 Å². The highest BCUT2D eigenvalue weighted by Crippen LogP contribution is 2.10. The van der Waals surface area contributed by atoms with Crippen LogP contribution in [-0.2, 0) is 0 Å². The molecule has 1 aliphatic rings. The molecule has 0 amide bonds. The summed E-state index contributed by atoms with van der Waals surface area (Å²) in [4.78, 5) is 6.61. The Labute approximate surface area is 93.4 Å². The van der Waals surface area contributed by atoms with Crippen molar-refractivity contribution in [3.05, 3.63) is 23.8 Å². The maximum absolute atomic E-state index is 4.10. The third-order valence-electron chi connectivity index (χ3n) is 2.65. The molecule has 0 N–H and O–H groups in total. The van der Waals surface area contributed by atoms with Gasteiger partial charge in [0, 0.05) is 19.8 Å². The zero-order valence-electron chi connectivity index (χ0n) is 9.95. The molecule has 15 heavy (non-hydrogen) atoms. The van der Waals surface area contributed by atoms with Crippen LogP contribution in [0.1, 0.15) is 26.2 Å². The fraction of sp³-hybridized carbons (Fsp3) is 0.615. The molecule has 1 saturated heterocycles. The standard InChI is InChI=1S/C13H22N2/c1-3-4-8-13(11-14-2)12-15-9-6-5-7-10-15/h3-4,8,11H,5-7,9-10,12H2,1-2H3/b4-3+,13-8+,14-11?. The Hall–Kier alpha value is -0.890. The number of likely N-dealkylation sites (tertiary alicyclic amines) is 1. The van der Waals surface area contributed by atoms with Crippen LogP contribution in [0.2, 0.25) is 0 Å². The van der Waals surface area contributed by atoms with Gasteiger partial charge in [-0.3, -0.25) is 9.89 Å². The molecule has 1 rings (SSSR count). The molecule has 0 spiro atoms. The molecule has 0 aromatic rings. The predicted molar refractivity (Wildman–Crippen MR) is 67.6 cm³/mol. The van der Waals surface area contributed by atoms with Gasteiger partial charge in [-0.05, 0) is 38.4 Å². The largest absolute Gasteiger partial charge is 0.299 e. The third kappa shape index (κ3) is 4.93. The van der Waals surface area contributed by atoms with Gasteiger partial charge in [0.1, 0.15) is 0 Å². The predicted octanol–water partition coefficient (Wildman–Crippen LogP) is 2.68. The molecule has 0 unspecified atom stereocenters. The lowest BCUT2D eigenvalue weighted by Gasteiger charge is -2.26. The highest BCUT2D eigenvalue weighted by molar-refractivity contribution is 5.79. The van der Waals surface area contributed by atoms with E-state index in [1.54, 1.807) is 0 Å². The smallest absolute Gasteiger partial charge is 0.0277 e. The first-order valence-corrected chi connectivity index (χ1v) is 5.83. The Kier molecular flexibility index (Phi) is 6.02. The molecule has 0 saturated carbocycles. The van der Waals surface area contributed by atoms with Crippen molar-refractivity contribution in [1.82, 2.24) is 4.90 Å². The SMILES string of the molecule is C/C=C/C=C(\C=NC)CN1CCCCC1. The van der Waals surface area contributed by atoms with Crippen LogP contribution in [0.15, 0.2) is 28.8 Å². The number of rotatable bonds is 4. The lowest BCUT2D eigenvalue weighted by atomic mass is 10.1. The van der Waals surface area contributed by atoms with Crippen LogP contribution < -0.4 is 0 Å². The number of hydrogen-bond acceptors (Lipinski definition) is 2. The van der Waals surface area contributed by atoms with Gasteiger partial charge >= 0.3 is 0 Å². The minimum Gasteiger partial charge on any atom is -0.299 e. The van der Waals surface area contributed by atoms with Gasteiger partial charge in [-0.15, -0.1) is 0 Å². The van der Waals surface area contributed by atoms with Gasteiger partial charge < -0.3 is 0 Å². The number of nitrogens with zero attached hydrogens (tertiary/aromatic N) is 2. The molecule has 1 aliphatic heterocycles. The molecule has 0 bridgehead atoms. The molecule has 0 atom stereocenters. The Morgan fingerprint density at radius 3 is 2.60 bits per heavy atom. The van der Waals surface area contributed by atoms with E-state index in [0.29, 0.717) is 0 Å². The van der Waals surface area contributed by atoms with Crippen molar-refractivity contribution in [2.45, 2.75) is 26.2 Å². The minimum absolute atomic E-state index is 1.04. The van der Waals surface area contributed by atoms with E-state index < -0.39 is 0 Å². The molecule has 84 valence electrons. The molecule has 2 nitrogen and oxygen atoms in total. The Bertz CT molecular complexity index is 245. The van der Waals surface area contributed by atoms with E-state index >= 15 is 0 Å². The molecule has 0 aliphatic carbocycles. The van der Waals surface area contributed by atoms with Gasteiger partial charge in [-0.1, -0.05) is 24.6 Å². The van der Waals surface area contributed by atoms with Crippen LogP contribution in [-0.4, -0.2) is 37.8 Å². The van der Waals surface area contributed by atoms with E-state index in [1.807, 2.05) is 20.2 Å². The molecule has 0 aromatic carbocycles. The summed E-state index contributed by atoms with van der Waals surface area (Å²) >= 11 is 0. The second-order valence-corrected chi connectivity index (χ2v) is 3.99. The Morgan fingerprint density at radius 2 is 2.00 bits per heavy atom. The van der Waals surface area contributed by atoms with Crippen molar-refractivity contribution in [2.75, 3.05) is 26.7 Å². The fourth-order valence-corrected chi connectivity index (χ4v) is 1.90. The van der Waals surface area contributed by atoms with Crippen molar-refractivity contribution in [2.24, 2.45) is 4.99 Å². The normalized spacial score (nSPS) is 20.5. The maximum Gasteiger partial charge on any atom is 0.0277 e. The number of hydrogen-bond donors (Lipinski definition) is 0. The van der Waals surface area contributed by atoms with Crippen LogP contribution >= 0.6 is 0 Å². The molecule has 1 fully saturated rings. The molecule has 2 heteroatoms. The van der Waals surface area contributed by atoms with E-state index in [2.05, 4.69) is 28.1 Å². The van der Waals surface area contributed by atoms with E-state index in [4.69, 9.17) is 0 Å². The fourth-order valence-electron chi connectivity index (χ4n) is 1.90. The summed E-state index contributed by atoms with van der Waals surface area (Å²) in [5.41, 5.74) is 1.30. The van der Waals surface area contributed by atoms with Gasteiger partial charge in [0.15, 0.2) is 0 Å². The quantitative estimate of drug-likeness (QED) is 0.510. The highest BCUT2D eigenvalue weighted by atomic mass is 15.1. The maximum atomic E-state index is 4.10. The summed E-state index contributed by atoms with van der Waals surface area (Å²) in [5.74, 6) is 0. The van der Waals surface area contributed by atoms with Crippen molar-refractivity contribution in [3.63, 3.8) is 0 Å². The summed E-state index contributed by atoms with van der Waals surface area (Å²) in [5, 5.41) is 0. The summed E-state index contributed by atoms with van der Waals surface area (Å²) in [6, 6.07) is 0.